The smallest absolute Gasteiger partial charge is 0.0594 e. The Bertz CT molecular complexity index is 119. The van der Waals surface area contributed by atoms with Crippen molar-refractivity contribution in [3.63, 3.8) is 0 Å². The van der Waals surface area contributed by atoms with Crippen LogP contribution in [-0.4, -0.2) is 25.8 Å². The highest BCUT2D eigenvalue weighted by Crippen LogP contribution is 2.20. The van der Waals surface area contributed by atoms with Crippen molar-refractivity contribution in [3.05, 3.63) is 0 Å². The SMILES string of the molecule is CC(C)CNCCOC1CCCC1. The van der Waals surface area contributed by atoms with Gasteiger partial charge in [0.05, 0.1) is 12.7 Å². The topological polar surface area (TPSA) is 21.3 Å². The summed E-state index contributed by atoms with van der Waals surface area (Å²) in [6.07, 6.45) is 5.86. The van der Waals surface area contributed by atoms with Crippen molar-refractivity contribution in [3.8, 4) is 0 Å². The van der Waals surface area contributed by atoms with Crippen molar-refractivity contribution in [2.45, 2.75) is 45.6 Å². The lowest BCUT2D eigenvalue weighted by Gasteiger charge is -2.12. The summed E-state index contributed by atoms with van der Waals surface area (Å²) in [5, 5.41) is 3.38. The van der Waals surface area contributed by atoms with Crippen molar-refractivity contribution < 1.29 is 4.74 Å². The van der Waals surface area contributed by atoms with Crippen LogP contribution in [0.5, 0.6) is 0 Å². The van der Waals surface area contributed by atoms with E-state index in [1.165, 1.54) is 25.7 Å². The molecule has 13 heavy (non-hydrogen) atoms. The minimum Gasteiger partial charge on any atom is -0.377 e. The molecule has 0 aromatic carbocycles. The van der Waals surface area contributed by atoms with E-state index in [1.807, 2.05) is 0 Å². The Morgan fingerprint density at radius 1 is 1.31 bits per heavy atom. The van der Waals surface area contributed by atoms with Crippen LogP contribution in [0.1, 0.15) is 39.5 Å². The summed E-state index contributed by atoms with van der Waals surface area (Å²) >= 11 is 0. The molecular weight excluding hydrogens is 162 g/mol. The highest BCUT2D eigenvalue weighted by atomic mass is 16.5. The third-order valence-electron chi connectivity index (χ3n) is 2.49. The number of hydrogen-bond acceptors (Lipinski definition) is 2. The molecule has 0 aromatic rings. The number of rotatable bonds is 6. The fourth-order valence-corrected chi connectivity index (χ4v) is 1.74. The van der Waals surface area contributed by atoms with E-state index in [9.17, 15) is 0 Å². The lowest BCUT2D eigenvalue weighted by atomic mass is 10.2. The van der Waals surface area contributed by atoms with Gasteiger partial charge in [0.15, 0.2) is 0 Å². The van der Waals surface area contributed by atoms with Crippen LogP contribution in [0.15, 0.2) is 0 Å². The monoisotopic (exact) mass is 185 g/mol. The van der Waals surface area contributed by atoms with Crippen molar-refractivity contribution in [2.24, 2.45) is 5.92 Å². The van der Waals surface area contributed by atoms with Crippen LogP contribution in [0.25, 0.3) is 0 Å². The molecule has 0 heterocycles. The van der Waals surface area contributed by atoms with Crippen LogP contribution >= 0.6 is 0 Å². The molecule has 1 rings (SSSR count). The zero-order valence-electron chi connectivity index (χ0n) is 9.01. The summed E-state index contributed by atoms with van der Waals surface area (Å²) in [4.78, 5) is 0. The van der Waals surface area contributed by atoms with Gasteiger partial charge >= 0.3 is 0 Å². The summed E-state index contributed by atoms with van der Waals surface area (Å²) in [6.45, 7) is 7.45. The first-order valence-corrected chi connectivity index (χ1v) is 5.61. The molecule has 1 fully saturated rings. The van der Waals surface area contributed by atoms with E-state index >= 15 is 0 Å². The van der Waals surface area contributed by atoms with Gasteiger partial charge in [0.25, 0.3) is 0 Å². The lowest BCUT2D eigenvalue weighted by molar-refractivity contribution is 0.0601. The quantitative estimate of drug-likeness (QED) is 0.640. The maximum atomic E-state index is 5.72. The van der Waals surface area contributed by atoms with Gasteiger partial charge in [-0.3, -0.25) is 0 Å². The third kappa shape index (κ3) is 5.27. The Labute approximate surface area is 82.0 Å². The van der Waals surface area contributed by atoms with Gasteiger partial charge in [-0.25, -0.2) is 0 Å². The van der Waals surface area contributed by atoms with Crippen LogP contribution in [0, 0.1) is 5.92 Å². The van der Waals surface area contributed by atoms with Crippen molar-refractivity contribution >= 4 is 0 Å². The molecule has 0 atom stereocenters. The number of ether oxygens (including phenoxy) is 1. The summed E-state index contributed by atoms with van der Waals surface area (Å²) in [5.74, 6) is 0.742. The molecule has 1 N–H and O–H groups in total. The van der Waals surface area contributed by atoms with Crippen LogP contribution in [0.2, 0.25) is 0 Å². The molecule has 0 saturated heterocycles. The molecule has 0 amide bonds. The van der Waals surface area contributed by atoms with E-state index in [1.54, 1.807) is 0 Å². The normalized spacial score (nSPS) is 18.7. The maximum Gasteiger partial charge on any atom is 0.0594 e. The first-order valence-electron chi connectivity index (χ1n) is 5.61. The zero-order valence-corrected chi connectivity index (χ0v) is 9.01. The second-order valence-electron chi connectivity index (χ2n) is 4.38. The molecule has 0 radical (unpaired) electrons. The highest BCUT2D eigenvalue weighted by Gasteiger charge is 2.14. The minimum atomic E-state index is 0.570. The summed E-state index contributed by atoms with van der Waals surface area (Å²) < 4.78 is 5.72. The molecule has 1 aliphatic carbocycles. The Balaban J connectivity index is 1.83. The fourth-order valence-electron chi connectivity index (χ4n) is 1.74. The van der Waals surface area contributed by atoms with Crippen LogP contribution in [0.3, 0.4) is 0 Å². The first-order chi connectivity index (χ1) is 6.29. The van der Waals surface area contributed by atoms with Gasteiger partial charge in [-0.1, -0.05) is 26.7 Å². The van der Waals surface area contributed by atoms with E-state index in [0.29, 0.717) is 6.10 Å². The summed E-state index contributed by atoms with van der Waals surface area (Å²) in [5.41, 5.74) is 0. The van der Waals surface area contributed by atoms with Crippen LogP contribution in [0.4, 0.5) is 0 Å². The van der Waals surface area contributed by atoms with E-state index in [2.05, 4.69) is 19.2 Å². The Morgan fingerprint density at radius 2 is 2.00 bits per heavy atom. The number of nitrogens with one attached hydrogen (secondary N) is 1. The molecule has 0 spiro atoms. The second-order valence-corrected chi connectivity index (χ2v) is 4.38. The van der Waals surface area contributed by atoms with Crippen molar-refractivity contribution in [2.75, 3.05) is 19.7 Å². The largest absolute Gasteiger partial charge is 0.377 e. The average Bonchev–Trinajstić information content (AvgIpc) is 2.55. The summed E-state index contributed by atoms with van der Waals surface area (Å²) in [7, 11) is 0. The second kappa shape index (κ2) is 6.39. The Kier molecular flexibility index (Phi) is 5.40. The van der Waals surface area contributed by atoms with Crippen LogP contribution in [-0.2, 0) is 4.74 Å². The van der Waals surface area contributed by atoms with Gasteiger partial charge in [-0.05, 0) is 25.3 Å². The van der Waals surface area contributed by atoms with E-state index in [0.717, 1.165) is 25.6 Å². The molecule has 2 nitrogen and oxygen atoms in total. The Hall–Kier alpha value is -0.0800. The molecule has 0 aliphatic heterocycles. The predicted octanol–water partition coefficient (Wildman–Crippen LogP) is 2.19. The predicted molar refractivity (Wildman–Crippen MR) is 55.9 cm³/mol. The van der Waals surface area contributed by atoms with Crippen molar-refractivity contribution in [1.82, 2.24) is 5.32 Å². The fraction of sp³-hybridized carbons (Fsp3) is 1.00. The minimum absolute atomic E-state index is 0.570. The average molecular weight is 185 g/mol. The zero-order chi connectivity index (χ0) is 9.52. The van der Waals surface area contributed by atoms with Crippen molar-refractivity contribution in [1.29, 1.82) is 0 Å². The van der Waals surface area contributed by atoms with E-state index in [-0.39, 0.29) is 0 Å². The maximum absolute atomic E-state index is 5.72. The lowest BCUT2D eigenvalue weighted by Crippen LogP contribution is -2.25. The van der Waals surface area contributed by atoms with Gasteiger partial charge in [-0.15, -0.1) is 0 Å². The summed E-state index contributed by atoms with van der Waals surface area (Å²) in [6, 6.07) is 0. The first kappa shape index (κ1) is 11.0. The Morgan fingerprint density at radius 3 is 2.62 bits per heavy atom. The molecule has 0 bridgehead atoms. The molecule has 2 heteroatoms. The van der Waals surface area contributed by atoms with Crippen LogP contribution < -0.4 is 5.32 Å². The number of hydrogen-bond donors (Lipinski definition) is 1. The highest BCUT2D eigenvalue weighted by molar-refractivity contribution is 4.66. The van der Waals surface area contributed by atoms with Gasteiger partial charge in [0.1, 0.15) is 0 Å². The molecule has 0 unspecified atom stereocenters. The molecule has 1 saturated carbocycles. The molecular formula is C11H23NO. The van der Waals surface area contributed by atoms with E-state index in [4.69, 9.17) is 4.74 Å². The van der Waals surface area contributed by atoms with Gasteiger partial charge < -0.3 is 10.1 Å². The molecule has 1 aliphatic rings. The van der Waals surface area contributed by atoms with Gasteiger partial charge in [-0.2, -0.15) is 0 Å². The van der Waals surface area contributed by atoms with Gasteiger partial charge in [0.2, 0.25) is 0 Å². The third-order valence-corrected chi connectivity index (χ3v) is 2.49. The van der Waals surface area contributed by atoms with Gasteiger partial charge in [0, 0.05) is 6.54 Å². The standard InChI is InChI=1S/C11H23NO/c1-10(2)9-12-7-8-13-11-5-3-4-6-11/h10-12H,3-9H2,1-2H3. The van der Waals surface area contributed by atoms with E-state index < -0.39 is 0 Å². The molecule has 78 valence electrons. The molecule has 0 aromatic heterocycles.